The highest BCUT2D eigenvalue weighted by molar-refractivity contribution is 6.01. The van der Waals surface area contributed by atoms with Gasteiger partial charge in [-0.15, -0.1) is 5.10 Å². The average Bonchev–Trinajstić information content (AvgIpc) is 3.24. The predicted molar refractivity (Wildman–Crippen MR) is 95.7 cm³/mol. The van der Waals surface area contributed by atoms with Crippen molar-refractivity contribution in [2.75, 3.05) is 18.4 Å². The summed E-state index contributed by atoms with van der Waals surface area (Å²) in [5.41, 5.74) is 2.12. The molecule has 3 N–H and O–H groups in total. The van der Waals surface area contributed by atoms with Crippen LogP contribution in [0.2, 0.25) is 0 Å². The van der Waals surface area contributed by atoms with Crippen molar-refractivity contribution in [1.82, 2.24) is 25.6 Å². The molecule has 1 aromatic heterocycles. The Bertz CT molecular complexity index is 833. The standard InChI is InChI=1S/C18H22N6O2/c1-11-8-19-9-16(11)24-10-15(22-23-24)18(26)21-14-7-6-12-4-2-3-5-13(12)20-17(14)25/h2-5,10-11,14,16,19H,6-9H2,1H3,(H,20,25)(H,21,26)/t11-,14?,16-/m1/s1. The van der Waals surface area contributed by atoms with Gasteiger partial charge in [0.2, 0.25) is 5.91 Å². The van der Waals surface area contributed by atoms with E-state index in [1.165, 1.54) is 0 Å². The van der Waals surface area contributed by atoms with Crippen LogP contribution in [-0.2, 0) is 11.2 Å². The molecule has 3 heterocycles. The predicted octanol–water partition coefficient (Wildman–Crippen LogP) is 0.742. The molecule has 1 aromatic carbocycles. The molecule has 1 saturated heterocycles. The van der Waals surface area contributed by atoms with E-state index in [1.807, 2.05) is 24.3 Å². The van der Waals surface area contributed by atoms with E-state index in [4.69, 9.17) is 0 Å². The van der Waals surface area contributed by atoms with E-state index in [1.54, 1.807) is 10.9 Å². The van der Waals surface area contributed by atoms with E-state index in [0.717, 1.165) is 30.8 Å². The third-order valence-electron chi connectivity index (χ3n) is 5.16. The van der Waals surface area contributed by atoms with Gasteiger partial charge < -0.3 is 16.0 Å². The Balaban J connectivity index is 1.44. The van der Waals surface area contributed by atoms with Crippen LogP contribution >= 0.6 is 0 Å². The molecule has 0 aliphatic carbocycles. The summed E-state index contributed by atoms with van der Waals surface area (Å²) in [4.78, 5) is 25.0. The van der Waals surface area contributed by atoms with Crippen LogP contribution < -0.4 is 16.0 Å². The molecule has 1 unspecified atom stereocenters. The molecule has 2 amide bonds. The zero-order chi connectivity index (χ0) is 18.1. The number of anilines is 1. The summed E-state index contributed by atoms with van der Waals surface area (Å²) in [5.74, 6) is -0.149. The maximum absolute atomic E-state index is 12.5. The largest absolute Gasteiger partial charge is 0.339 e. The molecule has 2 aromatic rings. The Morgan fingerprint density at radius 2 is 2.15 bits per heavy atom. The highest BCUT2D eigenvalue weighted by Gasteiger charge is 2.29. The number of hydrogen-bond acceptors (Lipinski definition) is 5. The Kier molecular flexibility index (Phi) is 4.42. The van der Waals surface area contributed by atoms with E-state index in [-0.39, 0.29) is 23.6 Å². The highest BCUT2D eigenvalue weighted by Crippen LogP contribution is 2.22. The number of amides is 2. The first-order chi connectivity index (χ1) is 12.6. The second-order valence-electron chi connectivity index (χ2n) is 7.00. The molecule has 4 rings (SSSR count). The molecule has 0 saturated carbocycles. The van der Waals surface area contributed by atoms with E-state index in [2.05, 4.69) is 33.2 Å². The summed E-state index contributed by atoms with van der Waals surface area (Å²) >= 11 is 0. The van der Waals surface area contributed by atoms with Gasteiger partial charge in [0.15, 0.2) is 5.69 Å². The summed E-state index contributed by atoms with van der Waals surface area (Å²) in [6.07, 6.45) is 2.93. The van der Waals surface area contributed by atoms with Gasteiger partial charge in [0.05, 0.1) is 12.2 Å². The number of rotatable bonds is 3. The maximum Gasteiger partial charge on any atom is 0.274 e. The number of nitrogens with one attached hydrogen (secondary N) is 3. The van der Waals surface area contributed by atoms with Gasteiger partial charge in [0.1, 0.15) is 6.04 Å². The number of aryl methyl sites for hydroxylation is 1. The number of fused-ring (bicyclic) bond motifs is 1. The SMILES string of the molecule is C[C@@H]1CNC[C@H]1n1cc(C(=O)NC2CCc3ccccc3NC2=O)nn1. The minimum atomic E-state index is -0.591. The van der Waals surface area contributed by atoms with Gasteiger partial charge in [-0.3, -0.25) is 9.59 Å². The minimum absolute atomic E-state index is 0.194. The smallest absolute Gasteiger partial charge is 0.274 e. The van der Waals surface area contributed by atoms with Gasteiger partial charge in [-0.2, -0.15) is 0 Å². The first kappa shape index (κ1) is 16.7. The zero-order valence-electron chi connectivity index (χ0n) is 14.6. The van der Waals surface area contributed by atoms with Crippen molar-refractivity contribution in [1.29, 1.82) is 0 Å². The summed E-state index contributed by atoms with van der Waals surface area (Å²) in [5, 5.41) is 17.1. The molecule has 1 fully saturated rings. The summed E-state index contributed by atoms with van der Waals surface area (Å²) < 4.78 is 1.74. The molecule has 3 atom stereocenters. The maximum atomic E-state index is 12.5. The normalized spacial score (nSPS) is 25.3. The lowest BCUT2D eigenvalue weighted by molar-refractivity contribution is -0.118. The van der Waals surface area contributed by atoms with E-state index < -0.39 is 6.04 Å². The van der Waals surface area contributed by atoms with Crippen LogP contribution in [0.25, 0.3) is 0 Å². The molecule has 0 bridgehead atoms. The molecule has 2 aliphatic rings. The Labute approximate surface area is 151 Å². The van der Waals surface area contributed by atoms with Gasteiger partial charge >= 0.3 is 0 Å². The van der Waals surface area contributed by atoms with Crippen LogP contribution in [0.15, 0.2) is 30.5 Å². The van der Waals surface area contributed by atoms with Crippen LogP contribution in [0.4, 0.5) is 5.69 Å². The third kappa shape index (κ3) is 3.20. The van der Waals surface area contributed by atoms with Gasteiger partial charge in [-0.1, -0.05) is 30.3 Å². The monoisotopic (exact) mass is 354 g/mol. The quantitative estimate of drug-likeness (QED) is 0.755. The lowest BCUT2D eigenvalue weighted by atomic mass is 10.1. The molecule has 8 nitrogen and oxygen atoms in total. The number of carbonyl (C=O) groups excluding carboxylic acids is 2. The van der Waals surface area contributed by atoms with Crippen molar-refractivity contribution in [3.8, 4) is 0 Å². The van der Waals surface area contributed by atoms with E-state index in [9.17, 15) is 9.59 Å². The molecule has 0 radical (unpaired) electrons. The fraction of sp³-hybridized carbons (Fsp3) is 0.444. The van der Waals surface area contributed by atoms with Crippen molar-refractivity contribution < 1.29 is 9.59 Å². The molecule has 0 spiro atoms. The fourth-order valence-electron chi connectivity index (χ4n) is 3.57. The third-order valence-corrected chi connectivity index (χ3v) is 5.16. The second-order valence-corrected chi connectivity index (χ2v) is 7.00. The van der Waals surface area contributed by atoms with Crippen molar-refractivity contribution in [3.05, 3.63) is 41.7 Å². The fourth-order valence-corrected chi connectivity index (χ4v) is 3.57. The summed E-state index contributed by atoms with van der Waals surface area (Å²) in [7, 11) is 0. The van der Waals surface area contributed by atoms with E-state index in [0.29, 0.717) is 12.3 Å². The minimum Gasteiger partial charge on any atom is -0.339 e. The van der Waals surface area contributed by atoms with Crippen LogP contribution in [0.5, 0.6) is 0 Å². The first-order valence-electron chi connectivity index (χ1n) is 8.94. The van der Waals surface area contributed by atoms with Gasteiger partial charge in [0.25, 0.3) is 5.91 Å². The molecular weight excluding hydrogens is 332 g/mol. The van der Waals surface area contributed by atoms with Gasteiger partial charge in [-0.05, 0) is 36.9 Å². The second kappa shape index (κ2) is 6.87. The van der Waals surface area contributed by atoms with Crippen LogP contribution in [0.1, 0.15) is 35.4 Å². The summed E-state index contributed by atoms with van der Waals surface area (Å²) in [6.45, 7) is 3.88. The van der Waals surface area contributed by atoms with Crippen molar-refractivity contribution in [3.63, 3.8) is 0 Å². The lowest BCUT2D eigenvalue weighted by Crippen LogP contribution is -2.43. The lowest BCUT2D eigenvalue weighted by Gasteiger charge is -2.14. The molecule has 2 aliphatic heterocycles. The molecule has 26 heavy (non-hydrogen) atoms. The summed E-state index contributed by atoms with van der Waals surface area (Å²) in [6, 6.07) is 7.30. The number of hydrogen-bond donors (Lipinski definition) is 3. The van der Waals surface area contributed by atoms with E-state index >= 15 is 0 Å². The zero-order valence-corrected chi connectivity index (χ0v) is 14.6. The first-order valence-corrected chi connectivity index (χ1v) is 8.94. The topological polar surface area (TPSA) is 101 Å². The number of carbonyl (C=O) groups is 2. The van der Waals surface area contributed by atoms with Crippen molar-refractivity contribution >= 4 is 17.5 Å². The van der Waals surface area contributed by atoms with Gasteiger partial charge in [-0.25, -0.2) is 4.68 Å². The van der Waals surface area contributed by atoms with Crippen molar-refractivity contribution in [2.45, 2.75) is 31.8 Å². The molecular formula is C18H22N6O2. The average molecular weight is 354 g/mol. The van der Waals surface area contributed by atoms with Crippen LogP contribution in [0.3, 0.4) is 0 Å². The Hall–Kier alpha value is -2.74. The number of aromatic nitrogens is 3. The number of para-hydroxylation sites is 1. The van der Waals surface area contributed by atoms with Gasteiger partial charge in [0, 0.05) is 12.2 Å². The highest BCUT2D eigenvalue weighted by atomic mass is 16.2. The Morgan fingerprint density at radius 3 is 2.96 bits per heavy atom. The molecule has 136 valence electrons. The molecule has 8 heteroatoms. The Morgan fingerprint density at radius 1 is 1.31 bits per heavy atom. The number of benzene rings is 1. The van der Waals surface area contributed by atoms with Crippen LogP contribution in [0, 0.1) is 5.92 Å². The van der Waals surface area contributed by atoms with Crippen LogP contribution in [-0.4, -0.2) is 45.9 Å². The number of nitrogens with zero attached hydrogens (tertiary/aromatic N) is 3. The van der Waals surface area contributed by atoms with Crippen molar-refractivity contribution in [2.24, 2.45) is 5.92 Å².